The summed E-state index contributed by atoms with van der Waals surface area (Å²) in [5.74, 6) is 5.18. The summed E-state index contributed by atoms with van der Waals surface area (Å²) in [7, 11) is 0. The zero-order chi connectivity index (χ0) is 25.9. The van der Waals surface area contributed by atoms with Crippen molar-refractivity contribution in [1.82, 2.24) is 0 Å². The number of fused-ring (bicyclic) bond motifs is 2. The fourth-order valence-electron chi connectivity index (χ4n) is 11.4. The molecule has 0 heterocycles. The lowest BCUT2D eigenvalue weighted by Gasteiger charge is -2.55. The molecular formula is C35H60O. The van der Waals surface area contributed by atoms with E-state index in [1.54, 1.807) is 0 Å². The lowest BCUT2D eigenvalue weighted by Crippen LogP contribution is -2.48. The smallest absolute Gasteiger partial charge is 0.0594 e. The van der Waals surface area contributed by atoms with Crippen LogP contribution in [0.5, 0.6) is 0 Å². The number of rotatable bonds is 9. The van der Waals surface area contributed by atoms with Crippen molar-refractivity contribution in [3.8, 4) is 0 Å². The summed E-state index contributed by atoms with van der Waals surface area (Å²) in [6, 6.07) is 0. The van der Waals surface area contributed by atoms with E-state index in [1.165, 1.54) is 102 Å². The summed E-state index contributed by atoms with van der Waals surface area (Å²) in [6.07, 6.45) is 21.8. The molecule has 0 aromatic heterocycles. The predicted molar refractivity (Wildman–Crippen MR) is 154 cm³/mol. The van der Waals surface area contributed by atoms with E-state index in [-0.39, 0.29) is 11.5 Å². The van der Waals surface area contributed by atoms with Crippen LogP contribution < -0.4 is 0 Å². The Hall–Kier alpha value is -0.300. The summed E-state index contributed by atoms with van der Waals surface area (Å²) in [6.45, 7) is 19.3. The number of aliphatic hydroxyl groups is 1. The van der Waals surface area contributed by atoms with E-state index in [4.69, 9.17) is 0 Å². The maximum Gasteiger partial charge on any atom is 0.0594 e. The van der Waals surface area contributed by atoms with Gasteiger partial charge >= 0.3 is 0 Å². The Morgan fingerprint density at radius 2 is 1.58 bits per heavy atom. The van der Waals surface area contributed by atoms with Crippen LogP contribution in [0.1, 0.15) is 144 Å². The molecule has 1 nitrogen and oxygen atoms in total. The molecule has 206 valence electrons. The largest absolute Gasteiger partial charge is 0.393 e. The first-order valence-corrected chi connectivity index (χ1v) is 16.3. The Morgan fingerprint density at radius 1 is 0.889 bits per heavy atom. The van der Waals surface area contributed by atoms with Gasteiger partial charge in [0.2, 0.25) is 0 Å². The van der Waals surface area contributed by atoms with E-state index in [0.717, 1.165) is 36.0 Å². The second-order valence-electron chi connectivity index (χ2n) is 16.0. The van der Waals surface area contributed by atoms with Gasteiger partial charge in [0.1, 0.15) is 0 Å². The summed E-state index contributed by atoms with van der Waals surface area (Å²) < 4.78 is 0. The normalized spacial score (nSPS) is 44.9. The lowest BCUT2D eigenvalue weighted by atomic mass is 9.50. The van der Waals surface area contributed by atoms with Gasteiger partial charge in [-0.1, -0.05) is 73.0 Å². The highest BCUT2D eigenvalue weighted by Gasteiger charge is 2.76. The van der Waals surface area contributed by atoms with Crippen molar-refractivity contribution in [3.63, 3.8) is 0 Å². The monoisotopic (exact) mass is 496 g/mol. The van der Waals surface area contributed by atoms with Crippen LogP contribution in [-0.4, -0.2) is 11.2 Å². The minimum atomic E-state index is -0.0800. The molecule has 0 amide bonds. The third-order valence-corrected chi connectivity index (χ3v) is 14.2. The average Bonchev–Trinajstić information content (AvgIpc) is 3.41. The molecule has 5 aliphatic carbocycles. The van der Waals surface area contributed by atoms with Gasteiger partial charge in [0.15, 0.2) is 0 Å². The van der Waals surface area contributed by atoms with Gasteiger partial charge in [0.25, 0.3) is 0 Å². The molecular weight excluding hydrogens is 436 g/mol. The molecule has 9 atom stereocenters. The highest BCUT2D eigenvalue weighted by atomic mass is 16.3. The van der Waals surface area contributed by atoms with Gasteiger partial charge in [-0.05, 0) is 141 Å². The van der Waals surface area contributed by atoms with Crippen LogP contribution in [0.3, 0.4) is 0 Å². The van der Waals surface area contributed by atoms with Crippen molar-refractivity contribution in [1.29, 1.82) is 0 Å². The molecule has 5 aliphatic rings. The molecule has 5 rings (SSSR count). The molecule has 9 unspecified atom stereocenters. The summed E-state index contributed by atoms with van der Waals surface area (Å²) >= 11 is 0. The Kier molecular flexibility index (Phi) is 7.36. The Bertz CT molecular complexity index is 805. The number of aliphatic hydroxyl groups excluding tert-OH is 1. The van der Waals surface area contributed by atoms with Gasteiger partial charge in [-0.25, -0.2) is 0 Å². The Morgan fingerprint density at radius 3 is 2.28 bits per heavy atom. The van der Waals surface area contributed by atoms with Crippen LogP contribution >= 0.6 is 0 Å². The van der Waals surface area contributed by atoms with Crippen molar-refractivity contribution in [2.45, 2.75) is 150 Å². The van der Waals surface area contributed by atoms with E-state index >= 15 is 0 Å². The standard InChI is InChI=1S/C35H60O/c1-24(2)25(3)11-12-26(4)28-15-16-29-30-14-13-27(5)34(23-35(30,34)22-21-33(28,29)7)20-17-31(36)32(6)18-9-8-10-19-32/h24,26-31,36H,3,8-23H2,1-2,4-7H3. The molecule has 0 aromatic carbocycles. The first kappa shape index (κ1) is 27.3. The molecule has 0 aliphatic heterocycles. The highest BCUT2D eigenvalue weighted by Crippen LogP contribution is 2.84. The Balaban J connectivity index is 1.27. The molecule has 1 heteroatoms. The van der Waals surface area contributed by atoms with Crippen LogP contribution in [0.15, 0.2) is 12.2 Å². The minimum absolute atomic E-state index is 0.0800. The third kappa shape index (κ3) is 4.19. The van der Waals surface area contributed by atoms with Crippen molar-refractivity contribution < 1.29 is 5.11 Å². The molecule has 5 saturated carbocycles. The van der Waals surface area contributed by atoms with Crippen molar-refractivity contribution in [2.24, 2.45) is 57.2 Å². The average molecular weight is 497 g/mol. The van der Waals surface area contributed by atoms with E-state index in [0.29, 0.717) is 22.2 Å². The van der Waals surface area contributed by atoms with Crippen LogP contribution in [-0.2, 0) is 0 Å². The minimum Gasteiger partial charge on any atom is -0.393 e. The fourth-order valence-corrected chi connectivity index (χ4v) is 11.4. The van der Waals surface area contributed by atoms with Gasteiger partial charge in [0, 0.05) is 0 Å². The van der Waals surface area contributed by atoms with E-state index in [2.05, 4.69) is 48.1 Å². The SMILES string of the molecule is C=C(CCC(C)C1CCC2C3CCC(C)C4(CCC(O)C5(C)CCCCC5)CC34CCC12C)C(C)C. The van der Waals surface area contributed by atoms with Gasteiger partial charge in [-0.15, -0.1) is 0 Å². The molecule has 0 radical (unpaired) electrons. The van der Waals surface area contributed by atoms with Crippen LogP contribution in [0, 0.1) is 57.2 Å². The van der Waals surface area contributed by atoms with E-state index in [9.17, 15) is 5.11 Å². The van der Waals surface area contributed by atoms with Gasteiger partial charge < -0.3 is 5.11 Å². The first-order valence-electron chi connectivity index (χ1n) is 16.3. The van der Waals surface area contributed by atoms with Crippen molar-refractivity contribution in [2.75, 3.05) is 0 Å². The maximum absolute atomic E-state index is 11.4. The topological polar surface area (TPSA) is 20.2 Å². The zero-order valence-electron chi connectivity index (χ0n) is 25.0. The number of hydrogen-bond acceptors (Lipinski definition) is 1. The van der Waals surface area contributed by atoms with Gasteiger partial charge in [0.05, 0.1) is 6.10 Å². The second-order valence-corrected chi connectivity index (χ2v) is 16.0. The quantitative estimate of drug-likeness (QED) is 0.315. The molecule has 36 heavy (non-hydrogen) atoms. The predicted octanol–water partition coefficient (Wildman–Crippen LogP) is 9.98. The van der Waals surface area contributed by atoms with Crippen molar-refractivity contribution in [3.05, 3.63) is 12.2 Å². The van der Waals surface area contributed by atoms with E-state index in [1.807, 2.05) is 0 Å². The summed E-state index contributed by atoms with van der Waals surface area (Å²) in [5, 5.41) is 11.4. The number of allylic oxidation sites excluding steroid dienone is 1. The Labute approximate surface area is 224 Å². The third-order valence-electron chi connectivity index (χ3n) is 14.2. The van der Waals surface area contributed by atoms with Gasteiger partial charge in [-0.2, -0.15) is 0 Å². The van der Waals surface area contributed by atoms with E-state index < -0.39 is 0 Å². The molecule has 5 fully saturated rings. The molecule has 1 spiro atoms. The zero-order valence-corrected chi connectivity index (χ0v) is 25.0. The fraction of sp³-hybridized carbons (Fsp3) is 0.943. The molecule has 0 aromatic rings. The maximum atomic E-state index is 11.4. The number of hydrogen-bond donors (Lipinski definition) is 1. The first-order chi connectivity index (χ1) is 17.0. The van der Waals surface area contributed by atoms with Crippen LogP contribution in [0.2, 0.25) is 0 Å². The van der Waals surface area contributed by atoms with Crippen LogP contribution in [0.25, 0.3) is 0 Å². The summed E-state index contributed by atoms with van der Waals surface area (Å²) in [5.41, 5.74) is 3.40. The molecule has 0 bridgehead atoms. The summed E-state index contributed by atoms with van der Waals surface area (Å²) in [4.78, 5) is 0. The highest BCUT2D eigenvalue weighted by molar-refractivity contribution is 5.25. The molecule has 1 N–H and O–H groups in total. The molecule has 0 saturated heterocycles. The van der Waals surface area contributed by atoms with Gasteiger partial charge in [-0.3, -0.25) is 0 Å². The van der Waals surface area contributed by atoms with Crippen LogP contribution in [0.4, 0.5) is 0 Å². The second kappa shape index (κ2) is 9.71. The van der Waals surface area contributed by atoms with Crippen molar-refractivity contribution >= 4 is 0 Å². The lowest BCUT2D eigenvalue weighted by molar-refractivity contribution is -0.0677.